The predicted molar refractivity (Wildman–Crippen MR) is 75.9 cm³/mol. The topological polar surface area (TPSA) is 66.8 Å². The monoisotopic (exact) mass is 300 g/mol. The summed E-state index contributed by atoms with van der Waals surface area (Å²) in [5, 5.41) is 0.692. The van der Waals surface area contributed by atoms with Crippen molar-refractivity contribution < 1.29 is 13.2 Å². The summed E-state index contributed by atoms with van der Waals surface area (Å²) in [4.78, 5) is 17.9. The molecule has 3 fully saturated rings. The summed E-state index contributed by atoms with van der Waals surface area (Å²) in [7, 11) is -2.95. The first kappa shape index (κ1) is 13.2. The normalized spacial score (nSPS) is 34.5. The standard InChI is InChI=1S/C12H16N2O3S2/c1-2-5-14-9-6-19(16,17)7-10(9)18-12(14)13-11(15)8-3-4-8/h2,8-10H,1,3-7H2/t9-,10+/m0/s1. The maximum atomic E-state index is 11.8. The Kier molecular flexibility index (Phi) is 3.21. The molecule has 0 N–H and O–H groups in total. The highest BCUT2D eigenvalue weighted by atomic mass is 32.2. The Morgan fingerprint density at radius 3 is 2.84 bits per heavy atom. The maximum Gasteiger partial charge on any atom is 0.251 e. The Balaban J connectivity index is 1.83. The van der Waals surface area contributed by atoms with E-state index in [4.69, 9.17) is 0 Å². The van der Waals surface area contributed by atoms with E-state index < -0.39 is 9.84 Å². The van der Waals surface area contributed by atoms with Crippen LogP contribution in [0, 0.1) is 5.92 Å². The summed E-state index contributed by atoms with van der Waals surface area (Å²) in [6.07, 6.45) is 3.59. The minimum Gasteiger partial charge on any atom is -0.342 e. The van der Waals surface area contributed by atoms with Gasteiger partial charge in [-0.3, -0.25) is 4.79 Å². The van der Waals surface area contributed by atoms with E-state index in [-0.39, 0.29) is 34.6 Å². The summed E-state index contributed by atoms with van der Waals surface area (Å²) >= 11 is 1.43. The molecule has 0 aromatic carbocycles. The summed E-state index contributed by atoms with van der Waals surface area (Å²) < 4.78 is 23.3. The molecule has 7 heteroatoms. The van der Waals surface area contributed by atoms with Crippen molar-refractivity contribution in [3.63, 3.8) is 0 Å². The van der Waals surface area contributed by atoms with Gasteiger partial charge in [-0.15, -0.1) is 6.58 Å². The van der Waals surface area contributed by atoms with Crippen LogP contribution in [0.5, 0.6) is 0 Å². The SMILES string of the molecule is C=CCN1C(=NC(=O)C2CC2)S[C@@H]2CS(=O)(=O)C[C@@H]21. The zero-order chi connectivity index (χ0) is 13.6. The fourth-order valence-electron chi connectivity index (χ4n) is 2.50. The van der Waals surface area contributed by atoms with Gasteiger partial charge in [0.05, 0.1) is 17.5 Å². The molecule has 1 saturated carbocycles. The van der Waals surface area contributed by atoms with Crippen LogP contribution in [0.15, 0.2) is 17.6 Å². The fourth-order valence-corrected chi connectivity index (χ4v) is 6.47. The molecule has 2 aliphatic heterocycles. The number of hydrogen-bond donors (Lipinski definition) is 0. The van der Waals surface area contributed by atoms with Gasteiger partial charge in [-0.2, -0.15) is 4.99 Å². The number of nitrogens with zero attached hydrogens (tertiary/aromatic N) is 2. The van der Waals surface area contributed by atoms with Crippen LogP contribution in [-0.2, 0) is 14.6 Å². The van der Waals surface area contributed by atoms with Gasteiger partial charge in [0.1, 0.15) is 0 Å². The maximum absolute atomic E-state index is 11.8. The van der Waals surface area contributed by atoms with Gasteiger partial charge < -0.3 is 4.90 Å². The van der Waals surface area contributed by atoms with Gasteiger partial charge in [0, 0.05) is 17.7 Å². The average Bonchev–Trinajstić information content (AvgIpc) is 3.06. The van der Waals surface area contributed by atoms with Gasteiger partial charge in [-0.25, -0.2) is 8.42 Å². The highest BCUT2D eigenvalue weighted by Crippen LogP contribution is 2.39. The van der Waals surface area contributed by atoms with E-state index in [0.717, 1.165) is 12.8 Å². The second-order valence-electron chi connectivity index (χ2n) is 5.25. The smallest absolute Gasteiger partial charge is 0.251 e. The largest absolute Gasteiger partial charge is 0.342 e. The Bertz CT molecular complexity index is 551. The lowest BCUT2D eigenvalue weighted by Crippen LogP contribution is -2.37. The molecule has 2 saturated heterocycles. The molecule has 0 spiro atoms. The summed E-state index contributed by atoms with van der Waals surface area (Å²) in [5.41, 5.74) is 0. The van der Waals surface area contributed by atoms with Crippen molar-refractivity contribution in [3.8, 4) is 0 Å². The number of sulfone groups is 1. The number of thioether (sulfide) groups is 1. The van der Waals surface area contributed by atoms with Crippen molar-refractivity contribution in [2.75, 3.05) is 18.1 Å². The third kappa shape index (κ3) is 2.58. The van der Waals surface area contributed by atoms with Crippen LogP contribution in [0.25, 0.3) is 0 Å². The van der Waals surface area contributed by atoms with Crippen molar-refractivity contribution in [2.24, 2.45) is 10.9 Å². The Labute approximate surface area is 117 Å². The Morgan fingerprint density at radius 1 is 1.47 bits per heavy atom. The van der Waals surface area contributed by atoms with Crippen LogP contribution >= 0.6 is 11.8 Å². The predicted octanol–water partition coefficient (Wildman–Crippen LogP) is 0.679. The van der Waals surface area contributed by atoms with E-state index in [1.165, 1.54) is 11.8 Å². The van der Waals surface area contributed by atoms with Gasteiger partial charge in [-0.1, -0.05) is 17.8 Å². The molecular weight excluding hydrogens is 284 g/mol. The number of carbonyl (C=O) groups excluding carboxylic acids is 1. The lowest BCUT2D eigenvalue weighted by Gasteiger charge is -2.22. The molecule has 104 valence electrons. The zero-order valence-corrected chi connectivity index (χ0v) is 12.1. The lowest BCUT2D eigenvalue weighted by atomic mass is 10.2. The third-order valence-corrected chi connectivity index (χ3v) is 6.88. The number of rotatable bonds is 3. The number of aliphatic imine (C=N–C) groups is 1. The second kappa shape index (κ2) is 4.63. The third-order valence-electron chi connectivity index (χ3n) is 3.63. The van der Waals surface area contributed by atoms with Gasteiger partial charge in [0.25, 0.3) is 5.91 Å². The summed E-state index contributed by atoms with van der Waals surface area (Å²) in [5.74, 6) is 0.393. The number of carbonyl (C=O) groups is 1. The highest BCUT2D eigenvalue weighted by Gasteiger charge is 2.48. The molecule has 1 amide bonds. The molecule has 0 unspecified atom stereocenters. The van der Waals surface area contributed by atoms with E-state index in [2.05, 4.69) is 11.6 Å². The highest BCUT2D eigenvalue weighted by molar-refractivity contribution is 8.15. The molecule has 2 heterocycles. The van der Waals surface area contributed by atoms with E-state index in [0.29, 0.717) is 11.7 Å². The van der Waals surface area contributed by atoms with Gasteiger partial charge in [-0.05, 0) is 12.8 Å². The minimum atomic E-state index is -2.95. The first-order valence-electron chi connectivity index (χ1n) is 6.37. The van der Waals surface area contributed by atoms with Crippen LogP contribution in [-0.4, -0.2) is 53.7 Å². The molecule has 5 nitrogen and oxygen atoms in total. The summed E-state index contributed by atoms with van der Waals surface area (Å²) in [6, 6.07) is -0.0567. The molecule has 0 radical (unpaired) electrons. The van der Waals surface area contributed by atoms with Crippen LogP contribution in [0.3, 0.4) is 0 Å². The first-order valence-corrected chi connectivity index (χ1v) is 9.07. The molecule has 0 aromatic heterocycles. The number of amides is 1. The van der Waals surface area contributed by atoms with Crippen molar-refractivity contribution in [1.29, 1.82) is 0 Å². The number of fused-ring (bicyclic) bond motifs is 1. The van der Waals surface area contributed by atoms with E-state index in [1.54, 1.807) is 6.08 Å². The van der Waals surface area contributed by atoms with E-state index in [1.807, 2.05) is 4.90 Å². The zero-order valence-electron chi connectivity index (χ0n) is 10.5. The van der Waals surface area contributed by atoms with Crippen LogP contribution < -0.4 is 0 Å². The number of amidine groups is 1. The molecule has 0 aromatic rings. The van der Waals surface area contributed by atoms with Crippen molar-refractivity contribution in [1.82, 2.24) is 4.90 Å². The minimum absolute atomic E-state index is 0.00991. The van der Waals surface area contributed by atoms with E-state index in [9.17, 15) is 13.2 Å². The van der Waals surface area contributed by atoms with Crippen LogP contribution in [0.2, 0.25) is 0 Å². The second-order valence-corrected chi connectivity index (χ2v) is 8.61. The van der Waals surface area contributed by atoms with Gasteiger partial charge in [0.15, 0.2) is 15.0 Å². The van der Waals surface area contributed by atoms with Gasteiger partial charge in [0.2, 0.25) is 0 Å². The quantitative estimate of drug-likeness (QED) is 0.717. The van der Waals surface area contributed by atoms with Gasteiger partial charge >= 0.3 is 0 Å². The van der Waals surface area contributed by atoms with E-state index >= 15 is 0 Å². The molecular formula is C12H16N2O3S2. The number of hydrogen-bond acceptors (Lipinski definition) is 4. The Morgan fingerprint density at radius 2 is 2.21 bits per heavy atom. The average molecular weight is 300 g/mol. The lowest BCUT2D eigenvalue weighted by molar-refractivity contribution is -0.118. The summed E-state index contributed by atoms with van der Waals surface area (Å²) in [6.45, 7) is 4.24. The molecule has 0 bridgehead atoms. The van der Waals surface area contributed by atoms with Crippen molar-refractivity contribution in [2.45, 2.75) is 24.1 Å². The van der Waals surface area contributed by atoms with Crippen molar-refractivity contribution in [3.05, 3.63) is 12.7 Å². The van der Waals surface area contributed by atoms with Crippen LogP contribution in [0.1, 0.15) is 12.8 Å². The molecule has 19 heavy (non-hydrogen) atoms. The van der Waals surface area contributed by atoms with Crippen LogP contribution in [0.4, 0.5) is 0 Å². The molecule has 1 aliphatic carbocycles. The Hall–Kier alpha value is -0.820. The molecule has 3 rings (SSSR count). The molecule has 3 aliphatic rings. The fraction of sp³-hybridized carbons (Fsp3) is 0.667. The first-order chi connectivity index (χ1) is 9.00. The van der Waals surface area contributed by atoms with Crippen molar-refractivity contribution >= 4 is 32.7 Å². The molecule has 2 atom stereocenters.